The highest BCUT2D eigenvalue weighted by Gasteiger charge is 2.16. The molecule has 7 nitrogen and oxygen atoms in total. The van der Waals surface area contributed by atoms with E-state index in [0.29, 0.717) is 29.4 Å². The number of carbonyl (C=O) groups is 1. The van der Waals surface area contributed by atoms with Gasteiger partial charge in [-0.05, 0) is 48.5 Å². The van der Waals surface area contributed by atoms with Gasteiger partial charge in [0.25, 0.3) is 5.91 Å². The van der Waals surface area contributed by atoms with Gasteiger partial charge in [0, 0.05) is 18.4 Å². The van der Waals surface area contributed by atoms with Crippen molar-refractivity contribution >= 4 is 11.6 Å². The molecule has 168 valence electrons. The molecule has 0 unspecified atom stereocenters. The number of anilines is 1. The van der Waals surface area contributed by atoms with Gasteiger partial charge in [-0.15, -0.1) is 5.10 Å². The molecule has 0 fully saturated rings. The molecule has 4 aromatic rings. The van der Waals surface area contributed by atoms with Gasteiger partial charge in [0.15, 0.2) is 5.82 Å². The lowest BCUT2D eigenvalue weighted by Crippen LogP contribution is -2.13. The molecule has 0 atom stereocenters. The second-order valence-corrected chi connectivity index (χ2v) is 6.96. The number of hydrogen-bond acceptors (Lipinski definition) is 5. The Kier molecular flexibility index (Phi) is 6.70. The predicted molar refractivity (Wildman–Crippen MR) is 118 cm³/mol. The second-order valence-electron chi connectivity index (χ2n) is 6.96. The average molecular weight is 450 g/mol. The SMILES string of the molecule is COCCOc1nc(-c2cccc(F)c2)n(-c2ccc(NC(=O)c3ccccc3F)cc2)n1. The highest BCUT2D eigenvalue weighted by molar-refractivity contribution is 6.04. The van der Waals surface area contributed by atoms with E-state index < -0.39 is 17.5 Å². The number of aromatic nitrogens is 3. The maximum Gasteiger partial charge on any atom is 0.336 e. The first-order valence-corrected chi connectivity index (χ1v) is 10.1. The molecule has 1 N–H and O–H groups in total. The maximum absolute atomic E-state index is 13.9. The van der Waals surface area contributed by atoms with Gasteiger partial charge in [0.05, 0.1) is 17.9 Å². The lowest BCUT2D eigenvalue weighted by Gasteiger charge is -2.09. The molecule has 0 aliphatic rings. The van der Waals surface area contributed by atoms with Gasteiger partial charge >= 0.3 is 6.01 Å². The summed E-state index contributed by atoms with van der Waals surface area (Å²) in [6.07, 6.45) is 0. The monoisotopic (exact) mass is 450 g/mol. The fourth-order valence-corrected chi connectivity index (χ4v) is 3.09. The predicted octanol–water partition coefficient (Wildman–Crippen LogP) is 4.49. The largest absolute Gasteiger partial charge is 0.460 e. The molecule has 9 heteroatoms. The molecule has 0 spiro atoms. The van der Waals surface area contributed by atoms with Gasteiger partial charge in [-0.1, -0.05) is 24.3 Å². The Morgan fingerprint density at radius 2 is 1.79 bits per heavy atom. The Morgan fingerprint density at radius 1 is 1.00 bits per heavy atom. The van der Waals surface area contributed by atoms with Gasteiger partial charge in [-0.2, -0.15) is 4.98 Å². The molecular formula is C24H20F2N4O3. The minimum Gasteiger partial charge on any atom is -0.460 e. The molecule has 0 bridgehead atoms. The van der Waals surface area contributed by atoms with Crippen molar-refractivity contribution in [3.05, 3.63) is 90.0 Å². The van der Waals surface area contributed by atoms with Crippen molar-refractivity contribution in [2.75, 3.05) is 25.6 Å². The Labute approximate surface area is 188 Å². The standard InChI is InChI=1S/C24H20F2N4O3/c1-32-13-14-33-24-28-22(16-5-4-6-17(25)15-16)30(29-24)19-11-9-18(10-12-19)27-23(31)20-7-2-3-8-21(20)26/h2-12,15H,13-14H2,1H3,(H,27,31). The molecule has 1 heterocycles. The van der Waals surface area contributed by atoms with E-state index in [4.69, 9.17) is 9.47 Å². The second kappa shape index (κ2) is 10.0. The summed E-state index contributed by atoms with van der Waals surface area (Å²) in [4.78, 5) is 16.7. The molecule has 0 saturated carbocycles. The maximum atomic E-state index is 13.9. The molecule has 1 amide bonds. The minimum atomic E-state index is -0.602. The van der Waals surface area contributed by atoms with Crippen LogP contribution in [0, 0.1) is 11.6 Å². The van der Waals surface area contributed by atoms with Crippen LogP contribution in [0.3, 0.4) is 0 Å². The van der Waals surface area contributed by atoms with Crippen LogP contribution < -0.4 is 10.1 Å². The van der Waals surface area contributed by atoms with Crippen LogP contribution in [0.2, 0.25) is 0 Å². The lowest BCUT2D eigenvalue weighted by molar-refractivity contribution is 0.102. The Balaban J connectivity index is 1.61. The minimum absolute atomic E-state index is 0.0518. The van der Waals surface area contributed by atoms with Crippen molar-refractivity contribution in [1.29, 1.82) is 0 Å². The van der Waals surface area contributed by atoms with E-state index >= 15 is 0 Å². The van der Waals surface area contributed by atoms with E-state index in [1.165, 1.54) is 35.0 Å². The Morgan fingerprint density at radius 3 is 2.52 bits per heavy atom. The van der Waals surface area contributed by atoms with Crippen molar-refractivity contribution in [2.24, 2.45) is 0 Å². The van der Waals surface area contributed by atoms with Crippen molar-refractivity contribution in [3.63, 3.8) is 0 Å². The van der Waals surface area contributed by atoms with Crippen LogP contribution in [0.5, 0.6) is 6.01 Å². The van der Waals surface area contributed by atoms with E-state index in [0.717, 1.165) is 0 Å². The Hall–Kier alpha value is -4.11. The highest BCUT2D eigenvalue weighted by atomic mass is 19.1. The third kappa shape index (κ3) is 5.21. The third-order valence-corrected chi connectivity index (χ3v) is 4.68. The number of methoxy groups -OCH3 is 1. The average Bonchev–Trinajstić information content (AvgIpc) is 3.24. The summed E-state index contributed by atoms with van der Waals surface area (Å²) in [5.41, 5.74) is 1.54. The summed E-state index contributed by atoms with van der Waals surface area (Å²) in [7, 11) is 1.56. The summed E-state index contributed by atoms with van der Waals surface area (Å²) >= 11 is 0. The van der Waals surface area contributed by atoms with Gasteiger partial charge in [-0.25, -0.2) is 13.5 Å². The topological polar surface area (TPSA) is 78.3 Å². The first kappa shape index (κ1) is 22.1. The third-order valence-electron chi connectivity index (χ3n) is 4.68. The van der Waals surface area contributed by atoms with E-state index in [9.17, 15) is 13.6 Å². The number of halogens is 2. The molecule has 4 rings (SSSR count). The number of hydrogen-bond donors (Lipinski definition) is 1. The zero-order valence-electron chi connectivity index (χ0n) is 17.7. The normalized spacial score (nSPS) is 10.8. The van der Waals surface area contributed by atoms with E-state index in [1.54, 1.807) is 49.6 Å². The fourth-order valence-electron chi connectivity index (χ4n) is 3.09. The van der Waals surface area contributed by atoms with Crippen LogP contribution in [-0.2, 0) is 4.74 Å². The van der Waals surface area contributed by atoms with Crippen LogP contribution in [0.25, 0.3) is 17.1 Å². The number of nitrogens with one attached hydrogen (secondary N) is 1. The Bertz CT molecular complexity index is 1260. The molecular weight excluding hydrogens is 430 g/mol. The summed E-state index contributed by atoms with van der Waals surface area (Å²) in [5.74, 6) is -1.19. The number of amides is 1. The molecule has 33 heavy (non-hydrogen) atoms. The van der Waals surface area contributed by atoms with Gasteiger partial charge in [0.2, 0.25) is 0 Å². The van der Waals surface area contributed by atoms with Gasteiger partial charge in [0.1, 0.15) is 18.2 Å². The van der Waals surface area contributed by atoms with Crippen molar-refractivity contribution in [1.82, 2.24) is 14.8 Å². The van der Waals surface area contributed by atoms with Crippen LogP contribution in [-0.4, -0.2) is 41.0 Å². The first-order chi connectivity index (χ1) is 16.0. The summed E-state index contributed by atoms with van der Waals surface area (Å²) in [6, 6.07) is 18.5. The number of rotatable bonds is 8. The smallest absolute Gasteiger partial charge is 0.336 e. The lowest BCUT2D eigenvalue weighted by atomic mass is 10.2. The number of ether oxygens (including phenoxy) is 2. The summed E-state index contributed by atoms with van der Waals surface area (Å²) in [6.45, 7) is 0.615. The van der Waals surface area contributed by atoms with Crippen LogP contribution in [0.4, 0.5) is 14.5 Å². The molecule has 0 saturated heterocycles. The van der Waals surface area contributed by atoms with Crippen LogP contribution >= 0.6 is 0 Å². The summed E-state index contributed by atoms with van der Waals surface area (Å²) < 4.78 is 39.7. The molecule has 0 aliphatic heterocycles. The molecule has 3 aromatic carbocycles. The number of benzene rings is 3. The van der Waals surface area contributed by atoms with Crippen molar-refractivity contribution in [2.45, 2.75) is 0 Å². The molecule has 0 radical (unpaired) electrons. The molecule has 0 aliphatic carbocycles. The highest BCUT2D eigenvalue weighted by Crippen LogP contribution is 2.25. The van der Waals surface area contributed by atoms with Gasteiger partial charge in [-0.3, -0.25) is 4.79 Å². The number of carbonyl (C=O) groups excluding carboxylic acids is 1. The fraction of sp³-hybridized carbons (Fsp3) is 0.125. The zero-order valence-corrected chi connectivity index (χ0v) is 17.7. The van der Waals surface area contributed by atoms with E-state index in [2.05, 4.69) is 15.4 Å². The van der Waals surface area contributed by atoms with Gasteiger partial charge < -0.3 is 14.8 Å². The first-order valence-electron chi connectivity index (χ1n) is 10.1. The van der Waals surface area contributed by atoms with Crippen molar-refractivity contribution in [3.8, 4) is 23.1 Å². The van der Waals surface area contributed by atoms with Crippen LogP contribution in [0.15, 0.2) is 72.8 Å². The zero-order chi connectivity index (χ0) is 23.2. The molecule has 1 aromatic heterocycles. The summed E-state index contributed by atoms with van der Waals surface area (Å²) in [5, 5.41) is 7.04. The van der Waals surface area contributed by atoms with E-state index in [-0.39, 0.29) is 18.2 Å². The van der Waals surface area contributed by atoms with Crippen LogP contribution in [0.1, 0.15) is 10.4 Å². The van der Waals surface area contributed by atoms with E-state index in [1.807, 2.05) is 0 Å². The number of nitrogens with zero attached hydrogens (tertiary/aromatic N) is 3. The quantitative estimate of drug-likeness (QED) is 0.400. The van der Waals surface area contributed by atoms with Crippen molar-refractivity contribution < 1.29 is 23.0 Å².